The lowest BCUT2D eigenvalue weighted by atomic mass is 10.2. The van der Waals surface area contributed by atoms with E-state index in [1.165, 1.54) is 19.3 Å². The third kappa shape index (κ3) is 3.96. The number of nitrogens with one attached hydrogen (secondary N) is 1. The number of aromatic nitrogens is 3. The van der Waals surface area contributed by atoms with Crippen LogP contribution in [0.4, 0.5) is 5.95 Å². The van der Waals surface area contributed by atoms with Crippen molar-refractivity contribution in [2.75, 3.05) is 25.1 Å². The van der Waals surface area contributed by atoms with E-state index in [0.717, 1.165) is 19.5 Å². The zero-order valence-electron chi connectivity index (χ0n) is 10.5. The minimum Gasteiger partial charge on any atom is -0.463 e. The second-order valence-corrected chi connectivity index (χ2v) is 4.56. The van der Waals surface area contributed by atoms with E-state index in [2.05, 4.69) is 25.4 Å². The second-order valence-electron chi connectivity index (χ2n) is 4.22. The molecular formula is C11H18ClN5O. The predicted molar refractivity (Wildman–Crippen MR) is 69.7 cm³/mol. The monoisotopic (exact) mass is 271 g/mol. The summed E-state index contributed by atoms with van der Waals surface area (Å²) in [5.41, 5.74) is 3.15. The summed E-state index contributed by atoms with van der Waals surface area (Å²) in [7, 11) is 0. The quantitative estimate of drug-likeness (QED) is 0.885. The molecule has 2 rings (SSSR count). The first-order chi connectivity index (χ1) is 8.78. The van der Waals surface area contributed by atoms with Gasteiger partial charge in [-0.1, -0.05) is 13.3 Å². The minimum absolute atomic E-state index is 0.149. The van der Waals surface area contributed by atoms with Gasteiger partial charge in [0.15, 0.2) is 0 Å². The van der Waals surface area contributed by atoms with Gasteiger partial charge in [-0.25, -0.2) is 5.01 Å². The Morgan fingerprint density at radius 2 is 2.00 bits per heavy atom. The SMILES string of the molecule is CCCOc1nc(Cl)nc(NN2CCCCC2)n1. The topological polar surface area (TPSA) is 63.2 Å². The highest BCUT2D eigenvalue weighted by atomic mass is 35.5. The van der Waals surface area contributed by atoms with Gasteiger partial charge in [0.25, 0.3) is 0 Å². The number of anilines is 1. The fraction of sp³-hybridized carbons (Fsp3) is 0.727. The molecule has 1 aromatic heterocycles. The van der Waals surface area contributed by atoms with Crippen molar-refractivity contribution in [1.29, 1.82) is 0 Å². The lowest BCUT2D eigenvalue weighted by molar-refractivity contribution is 0.267. The van der Waals surface area contributed by atoms with Crippen LogP contribution in [0.1, 0.15) is 32.6 Å². The standard InChI is InChI=1S/C11H18ClN5O/c1-2-8-18-11-14-9(12)13-10(15-11)16-17-6-4-3-5-7-17/h2-8H2,1H3,(H,13,14,15,16). The lowest BCUT2D eigenvalue weighted by Gasteiger charge is -2.26. The molecule has 1 fully saturated rings. The molecule has 6 nitrogen and oxygen atoms in total. The van der Waals surface area contributed by atoms with Gasteiger partial charge in [0, 0.05) is 13.1 Å². The van der Waals surface area contributed by atoms with Gasteiger partial charge in [-0.3, -0.25) is 5.43 Å². The van der Waals surface area contributed by atoms with E-state index in [4.69, 9.17) is 16.3 Å². The molecule has 1 aliphatic heterocycles. The molecule has 0 aromatic carbocycles. The fourth-order valence-corrected chi connectivity index (χ4v) is 1.94. The summed E-state index contributed by atoms with van der Waals surface area (Å²) in [6.07, 6.45) is 4.55. The second kappa shape index (κ2) is 6.70. The highest BCUT2D eigenvalue weighted by Crippen LogP contribution is 2.14. The van der Waals surface area contributed by atoms with Gasteiger partial charge in [0.1, 0.15) is 0 Å². The number of rotatable bonds is 5. The largest absolute Gasteiger partial charge is 0.463 e. The van der Waals surface area contributed by atoms with Crippen LogP contribution in [0.25, 0.3) is 0 Å². The van der Waals surface area contributed by atoms with Crippen molar-refractivity contribution in [3.05, 3.63) is 5.28 Å². The van der Waals surface area contributed by atoms with Crippen molar-refractivity contribution in [2.24, 2.45) is 0 Å². The molecule has 0 bridgehead atoms. The van der Waals surface area contributed by atoms with Crippen LogP contribution in [0.15, 0.2) is 0 Å². The molecule has 1 aromatic rings. The Labute approximate surface area is 112 Å². The van der Waals surface area contributed by atoms with Crippen LogP contribution in [0, 0.1) is 0 Å². The Morgan fingerprint density at radius 3 is 2.72 bits per heavy atom. The van der Waals surface area contributed by atoms with Crippen LogP contribution in [0.2, 0.25) is 5.28 Å². The van der Waals surface area contributed by atoms with E-state index in [-0.39, 0.29) is 11.3 Å². The summed E-state index contributed by atoms with van der Waals surface area (Å²) >= 11 is 5.85. The first kappa shape index (κ1) is 13.3. The van der Waals surface area contributed by atoms with E-state index < -0.39 is 0 Å². The van der Waals surface area contributed by atoms with Gasteiger partial charge in [-0.15, -0.1) is 0 Å². The molecule has 1 aliphatic rings. The van der Waals surface area contributed by atoms with Gasteiger partial charge in [-0.05, 0) is 30.9 Å². The molecule has 0 spiro atoms. The molecule has 100 valence electrons. The number of halogens is 1. The third-order valence-electron chi connectivity index (χ3n) is 2.64. The van der Waals surface area contributed by atoms with Gasteiger partial charge in [-0.2, -0.15) is 15.0 Å². The third-order valence-corrected chi connectivity index (χ3v) is 2.81. The van der Waals surface area contributed by atoms with Crippen molar-refractivity contribution in [3.8, 4) is 6.01 Å². The maximum atomic E-state index is 5.85. The molecule has 0 atom stereocenters. The van der Waals surface area contributed by atoms with Crippen molar-refractivity contribution in [1.82, 2.24) is 20.0 Å². The zero-order chi connectivity index (χ0) is 12.8. The Balaban J connectivity index is 1.99. The zero-order valence-corrected chi connectivity index (χ0v) is 11.3. The summed E-state index contributed by atoms with van der Waals surface area (Å²) in [5.74, 6) is 0.447. The molecule has 7 heteroatoms. The summed E-state index contributed by atoms with van der Waals surface area (Å²) in [5, 5.41) is 2.24. The van der Waals surface area contributed by atoms with Crippen LogP contribution in [-0.4, -0.2) is 39.7 Å². The summed E-state index contributed by atoms with van der Waals surface area (Å²) in [6.45, 7) is 4.59. The molecule has 0 saturated carbocycles. The van der Waals surface area contributed by atoms with Crippen LogP contribution >= 0.6 is 11.6 Å². The Bertz CT molecular complexity index is 384. The Morgan fingerprint density at radius 1 is 1.22 bits per heavy atom. The highest BCUT2D eigenvalue weighted by Gasteiger charge is 2.12. The molecule has 1 saturated heterocycles. The van der Waals surface area contributed by atoms with Crippen LogP contribution in [-0.2, 0) is 0 Å². The predicted octanol–water partition coefficient (Wildman–Crippen LogP) is 2.13. The number of piperidine rings is 1. The number of ether oxygens (including phenoxy) is 1. The molecule has 2 heterocycles. The van der Waals surface area contributed by atoms with Crippen molar-refractivity contribution >= 4 is 17.5 Å². The fourth-order valence-electron chi connectivity index (χ4n) is 1.79. The van der Waals surface area contributed by atoms with Crippen LogP contribution in [0.3, 0.4) is 0 Å². The lowest BCUT2D eigenvalue weighted by Crippen LogP contribution is -2.35. The first-order valence-corrected chi connectivity index (χ1v) is 6.71. The van der Waals surface area contributed by atoms with E-state index in [1.54, 1.807) is 0 Å². The minimum atomic E-state index is 0.149. The van der Waals surface area contributed by atoms with Gasteiger partial charge in [0.2, 0.25) is 11.2 Å². The van der Waals surface area contributed by atoms with Gasteiger partial charge in [0.05, 0.1) is 6.61 Å². The highest BCUT2D eigenvalue weighted by molar-refractivity contribution is 6.28. The maximum absolute atomic E-state index is 5.85. The van der Waals surface area contributed by atoms with Crippen LogP contribution in [0.5, 0.6) is 6.01 Å². The van der Waals surface area contributed by atoms with E-state index in [0.29, 0.717) is 12.6 Å². The molecule has 18 heavy (non-hydrogen) atoms. The van der Waals surface area contributed by atoms with Gasteiger partial charge >= 0.3 is 6.01 Å². The number of hydrogen-bond acceptors (Lipinski definition) is 6. The average Bonchev–Trinajstić information content (AvgIpc) is 2.37. The van der Waals surface area contributed by atoms with E-state index in [1.807, 2.05) is 6.92 Å². The Hall–Kier alpha value is -1.14. The normalized spacial score (nSPS) is 16.6. The van der Waals surface area contributed by atoms with Crippen molar-refractivity contribution < 1.29 is 4.74 Å². The summed E-state index contributed by atoms with van der Waals surface area (Å²) in [4.78, 5) is 12.2. The average molecular weight is 272 g/mol. The van der Waals surface area contributed by atoms with E-state index >= 15 is 0 Å². The molecule has 0 radical (unpaired) electrons. The molecule has 0 aliphatic carbocycles. The number of hydrogen-bond donors (Lipinski definition) is 1. The van der Waals surface area contributed by atoms with Crippen molar-refractivity contribution in [2.45, 2.75) is 32.6 Å². The smallest absolute Gasteiger partial charge is 0.322 e. The Kier molecular flexibility index (Phi) is 4.95. The summed E-state index contributed by atoms with van der Waals surface area (Å²) < 4.78 is 5.36. The summed E-state index contributed by atoms with van der Waals surface area (Å²) in [6, 6.07) is 0.274. The molecular weight excluding hydrogens is 254 g/mol. The number of nitrogens with zero attached hydrogens (tertiary/aromatic N) is 4. The first-order valence-electron chi connectivity index (χ1n) is 6.34. The van der Waals surface area contributed by atoms with Gasteiger partial charge < -0.3 is 4.74 Å². The number of hydrazine groups is 1. The molecule has 0 unspecified atom stereocenters. The maximum Gasteiger partial charge on any atom is 0.322 e. The molecule has 1 N–H and O–H groups in total. The van der Waals surface area contributed by atoms with Crippen LogP contribution < -0.4 is 10.2 Å². The van der Waals surface area contributed by atoms with Crippen molar-refractivity contribution in [3.63, 3.8) is 0 Å². The van der Waals surface area contributed by atoms with E-state index in [9.17, 15) is 0 Å². The molecule has 0 amide bonds.